The molecule has 0 heterocycles. The summed E-state index contributed by atoms with van der Waals surface area (Å²) in [6, 6.07) is 5.08. The number of halogens is 1. The minimum atomic E-state index is -3.46. The van der Waals surface area contributed by atoms with Crippen LogP contribution in [0.5, 0.6) is 5.75 Å². The summed E-state index contributed by atoms with van der Waals surface area (Å²) in [5.41, 5.74) is 1.37. The van der Waals surface area contributed by atoms with Gasteiger partial charge in [-0.2, -0.15) is 5.10 Å². The first-order chi connectivity index (χ1) is 11.4. The molecule has 1 aromatic carbocycles. The molecule has 0 fully saturated rings. The number of nitrogens with zero attached hydrogens (tertiary/aromatic N) is 1. The Kier molecular flexibility index (Phi) is 8.79. The van der Waals surface area contributed by atoms with Gasteiger partial charge in [0.2, 0.25) is 0 Å². The Labute approximate surface area is 147 Å². The zero-order valence-electron chi connectivity index (χ0n) is 13.8. The SMILES string of the molecule is C=CC(=C)COc1cc(Cl)ccc1C=NNP(=O)(OCC)OCC. The number of benzene rings is 1. The number of nitrogens with one attached hydrogen (secondary N) is 1. The number of hydrazone groups is 1. The first kappa shape index (κ1) is 20.5. The molecule has 0 aromatic heterocycles. The number of ether oxygens (including phenoxy) is 1. The summed E-state index contributed by atoms with van der Waals surface area (Å²) in [5.74, 6) is 0.513. The predicted molar refractivity (Wildman–Crippen MR) is 97.9 cm³/mol. The maximum absolute atomic E-state index is 12.3. The van der Waals surface area contributed by atoms with Crippen molar-refractivity contribution >= 4 is 25.6 Å². The summed E-state index contributed by atoms with van der Waals surface area (Å²) in [4.78, 5) is 0. The second kappa shape index (κ2) is 10.3. The Bertz CT molecular complexity index is 639. The summed E-state index contributed by atoms with van der Waals surface area (Å²) in [5, 5.41) is 6.88. The molecule has 0 spiro atoms. The maximum Gasteiger partial charge on any atom is 0.448 e. The Morgan fingerprint density at radius 1 is 1.38 bits per heavy atom. The third kappa shape index (κ3) is 6.89. The highest BCUT2D eigenvalue weighted by atomic mass is 35.5. The smallest absolute Gasteiger partial charge is 0.448 e. The van der Waals surface area contributed by atoms with Crippen LogP contribution in [0.25, 0.3) is 0 Å². The van der Waals surface area contributed by atoms with E-state index in [-0.39, 0.29) is 19.8 Å². The van der Waals surface area contributed by atoms with Crippen LogP contribution in [0, 0.1) is 0 Å². The van der Waals surface area contributed by atoms with Crippen LogP contribution >= 0.6 is 19.3 Å². The molecule has 8 heteroatoms. The van der Waals surface area contributed by atoms with E-state index in [1.165, 1.54) is 6.21 Å². The normalized spacial score (nSPS) is 11.5. The predicted octanol–water partition coefficient (Wildman–Crippen LogP) is 4.57. The molecule has 0 aliphatic heterocycles. The standard InChI is InChI=1S/C16H22ClN2O4P/c1-5-13(4)12-21-16-10-15(17)9-8-14(16)11-18-19-24(20,22-6-2)23-7-3/h5,8-11H,1,4,6-7,12H2,2-3H3,(H,19,20). The van der Waals surface area contributed by atoms with Gasteiger partial charge in [0.1, 0.15) is 12.4 Å². The molecule has 0 amide bonds. The molecule has 0 unspecified atom stereocenters. The van der Waals surface area contributed by atoms with Gasteiger partial charge in [-0.1, -0.05) is 30.8 Å². The van der Waals surface area contributed by atoms with Crippen molar-refractivity contribution in [2.24, 2.45) is 5.10 Å². The van der Waals surface area contributed by atoms with Crippen LogP contribution in [0.1, 0.15) is 19.4 Å². The van der Waals surface area contributed by atoms with E-state index >= 15 is 0 Å². The Balaban J connectivity index is 2.87. The van der Waals surface area contributed by atoms with Crippen molar-refractivity contribution in [3.63, 3.8) is 0 Å². The van der Waals surface area contributed by atoms with Crippen LogP contribution in [0.15, 0.2) is 48.1 Å². The van der Waals surface area contributed by atoms with Gasteiger partial charge in [0.05, 0.1) is 19.4 Å². The van der Waals surface area contributed by atoms with E-state index in [1.54, 1.807) is 38.1 Å². The average molecular weight is 373 g/mol. The fourth-order valence-corrected chi connectivity index (χ4v) is 2.80. The molecule has 0 radical (unpaired) electrons. The first-order valence-electron chi connectivity index (χ1n) is 7.36. The average Bonchev–Trinajstić information content (AvgIpc) is 2.54. The molecular weight excluding hydrogens is 351 g/mol. The van der Waals surface area contributed by atoms with E-state index < -0.39 is 7.75 Å². The molecule has 0 aliphatic rings. The van der Waals surface area contributed by atoms with Crippen LogP contribution in [-0.4, -0.2) is 26.0 Å². The lowest BCUT2D eigenvalue weighted by Gasteiger charge is -2.15. The van der Waals surface area contributed by atoms with Gasteiger partial charge >= 0.3 is 7.75 Å². The maximum atomic E-state index is 12.3. The van der Waals surface area contributed by atoms with E-state index in [1.807, 2.05) is 0 Å². The van der Waals surface area contributed by atoms with Crippen LogP contribution in [0.2, 0.25) is 5.02 Å². The van der Waals surface area contributed by atoms with Gasteiger partial charge < -0.3 is 4.74 Å². The van der Waals surface area contributed by atoms with Crippen molar-refractivity contribution in [3.05, 3.63) is 53.6 Å². The van der Waals surface area contributed by atoms with E-state index in [9.17, 15) is 4.57 Å². The molecule has 132 valence electrons. The molecule has 1 rings (SSSR count). The fraction of sp³-hybridized carbons (Fsp3) is 0.312. The molecule has 6 nitrogen and oxygen atoms in total. The highest BCUT2D eigenvalue weighted by Crippen LogP contribution is 2.43. The minimum absolute atomic E-state index is 0.235. The number of rotatable bonds is 11. The summed E-state index contributed by atoms with van der Waals surface area (Å²) in [7, 11) is -3.46. The zero-order chi connectivity index (χ0) is 18.0. The van der Waals surface area contributed by atoms with E-state index in [2.05, 4.69) is 23.5 Å². The molecule has 0 atom stereocenters. The highest BCUT2D eigenvalue weighted by Gasteiger charge is 2.22. The van der Waals surface area contributed by atoms with E-state index in [0.717, 1.165) is 5.57 Å². The van der Waals surface area contributed by atoms with Gasteiger partial charge in [0, 0.05) is 10.6 Å². The van der Waals surface area contributed by atoms with Crippen molar-refractivity contribution in [2.75, 3.05) is 19.8 Å². The van der Waals surface area contributed by atoms with Gasteiger partial charge in [-0.05, 0) is 37.6 Å². The van der Waals surface area contributed by atoms with E-state index in [0.29, 0.717) is 16.3 Å². The Morgan fingerprint density at radius 3 is 2.62 bits per heavy atom. The second-order valence-corrected chi connectivity index (χ2v) is 6.67. The molecule has 1 aromatic rings. The number of hydrogen-bond donors (Lipinski definition) is 1. The summed E-state index contributed by atoms with van der Waals surface area (Å²) in [6.45, 7) is 11.6. The Hall–Kier alpha value is -1.59. The summed E-state index contributed by atoms with van der Waals surface area (Å²) >= 11 is 5.99. The molecular formula is C16H22ClN2O4P. The van der Waals surface area contributed by atoms with Crippen molar-refractivity contribution in [2.45, 2.75) is 13.8 Å². The van der Waals surface area contributed by atoms with Crippen LogP contribution in [-0.2, 0) is 13.6 Å². The number of hydrogen-bond acceptors (Lipinski definition) is 5. The molecule has 0 saturated carbocycles. The Morgan fingerprint density at radius 2 is 2.04 bits per heavy atom. The third-order valence-corrected chi connectivity index (χ3v) is 4.45. The highest BCUT2D eigenvalue weighted by molar-refractivity contribution is 7.51. The third-order valence-electron chi connectivity index (χ3n) is 2.66. The van der Waals surface area contributed by atoms with E-state index in [4.69, 9.17) is 25.4 Å². The van der Waals surface area contributed by atoms with Gasteiger partial charge in [0.25, 0.3) is 0 Å². The van der Waals surface area contributed by atoms with Gasteiger partial charge in [-0.25, -0.2) is 9.76 Å². The van der Waals surface area contributed by atoms with Crippen LogP contribution in [0.3, 0.4) is 0 Å². The molecule has 0 bridgehead atoms. The topological polar surface area (TPSA) is 69.2 Å². The van der Waals surface area contributed by atoms with Crippen molar-refractivity contribution < 1.29 is 18.3 Å². The van der Waals surface area contributed by atoms with Crippen molar-refractivity contribution in [1.82, 2.24) is 5.20 Å². The largest absolute Gasteiger partial charge is 0.488 e. The zero-order valence-corrected chi connectivity index (χ0v) is 15.5. The molecule has 0 aliphatic carbocycles. The minimum Gasteiger partial charge on any atom is -0.488 e. The van der Waals surface area contributed by atoms with Gasteiger partial charge in [-0.3, -0.25) is 9.05 Å². The first-order valence-corrected chi connectivity index (χ1v) is 9.28. The van der Waals surface area contributed by atoms with Crippen LogP contribution in [0.4, 0.5) is 0 Å². The fourth-order valence-electron chi connectivity index (χ4n) is 1.57. The van der Waals surface area contributed by atoms with Gasteiger partial charge in [0.15, 0.2) is 0 Å². The molecule has 0 saturated heterocycles. The second-order valence-electron chi connectivity index (χ2n) is 4.52. The lowest BCUT2D eigenvalue weighted by Crippen LogP contribution is -2.09. The van der Waals surface area contributed by atoms with Gasteiger partial charge in [-0.15, -0.1) is 0 Å². The summed E-state index contributed by atoms with van der Waals surface area (Å²) < 4.78 is 28.1. The van der Waals surface area contributed by atoms with Crippen molar-refractivity contribution in [3.8, 4) is 5.75 Å². The lowest BCUT2D eigenvalue weighted by molar-refractivity contribution is 0.211. The quantitative estimate of drug-likeness (QED) is 0.267. The molecule has 24 heavy (non-hydrogen) atoms. The summed E-state index contributed by atoms with van der Waals surface area (Å²) in [6.07, 6.45) is 3.06. The van der Waals surface area contributed by atoms with Crippen molar-refractivity contribution in [1.29, 1.82) is 0 Å². The molecule has 1 N–H and O–H groups in total. The lowest BCUT2D eigenvalue weighted by atomic mass is 10.2. The monoisotopic (exact) mass is 372 g/mol. The van der Waals surface area contributed by atoms with Crippen LogP contribution < -0.4 is 9.93 Å².